The van der Waals surface area contributed by atoms with E-state index in [1.807, 2.05) is 0 Å². The third-order valence-electron chi connectivity index (χ3n) is 3.61. The van der Waals surface area contributed by atoms with Crippen molar-refractivity contribution in [2.45, 2.75) is 6.92 Å². The van der Waals surface area contributed by atoms with Crippen molar-refractivity contribution in [2.24, 2.45) is 5.16 Å². The summed E-state index contributed by atoms with van der Waals surface area (Å²) in [4.78, 5) is 28.5. The van der Waals surface area contributed by atoms with E-state index in [1.165, 1.54) is 12.1 Å². The molecule has 0 spiro atoms. The molecule has 0 unspecified atom stereocenters. The van der Waals surface area contributed by atoms with Crippen LogP contribution in [0.5, 0.6) is 11.5 Å². The highest BCUT2D eigenvalue weighted by Gasteiger charge is 2.14. The summed E-state index contributed by atoms with van der Waals surface area (Å²) in [6, 6.07) is 10.2. The lowest BCUT2D eigenvalue weighted by molar-refractivity contribution is -0.126. The van der Waals surface area contributed by atoms with Gasteiger partial charge in [-0.2, -0.15) is 0 Å². The predicted molar refractivity (Wildman–Crippen MR) is 92.7 cm³/mol. The van der Waals surface area contributed by atoms with Crippen LogP contribution in [-0.4, -0.2) is 30.9 Å². The summed E-state index contributed by atoms with van der Waals surface area (Å²) in [5, 5.41) is 3.86. The molecular formula is C18H16FN3O5. The second-order valence-corrected chi connectivity index (χ2v) is 5.53. The number of nitrogens with zero attached hydrogens (tertiary/aromatic N) is 1. The minimum absolute atomic E-state index is 0.176. The van der Waals surface area contributed by atoms with Crippen molar-refractivity contribution in [3.63, 3.8) is 0 Å². The molecule has 9 heteroatoms. The number of hydrogen-bond donors (Lipinski definition) is 2. The summed E-state index contributed by atoms with van der Waals surface area (Å²) >= 11 is 0. The Morgan fingerprint density at radius 2 is 1.78 bits per heavy atom. The van der Waals surface area contributed by atoms with Crippen LogP contribution < -0.4 is 20.3 Å². The smallest absolute Gasteiger partial charge is 0.279 e. The van der Waals surface area contributed by atoms with Crippen LogP contribution in [-0.2, 0) is 9.63 Å². The highest BCUT2D eigenvalue weighted by molar-refractivity contribution is 5.99. The summed E-state index contributed by atoms with van der Waals surface area (Å²) in [5.74, 6) is -0.372. The Labute approximate surface area is 153 Å². The first-order valence-corrected chi connectivity index (χ1v) is 7.94. The molecule has 0 saturated heterocycles. The molecule has 1 heterocycles. The summed E-state index contributed by atoms with van der Waals surface area (Å²) in [7, 11) is 0. The number of hydrazine groups is 1. The standard InChI is InChI=1S/C18H16FN3O5/c1-11(13-4-7-15-16(8-13)26-10-25-15)22-27-9-17(23)20-21-18(24)12-2-5-14(19)6-3-12/h2-8H,9-10H2,1H3,(H,20,23)(H,21,24)/b22-11-. The first-order valence-electron chi connectivity index (χ1n) is 7.94. The number of hydrogen-bond acceptors (Lipinski definition) is 6. The zero-order valence-corrected chi connectivity index (χ0v) is 14.3. The van der Waals surface area contributed by atoms with Gasteiger partial charge in [0.1, 0.15) is 5.82 Å². The largest absolute Gasteiger partial charge is 0.454 e. The van der Waals surface area contributed by atoms with E-state index in [2.05, 4.69) is 16.0 Å². The monoisotopic (exact) mass is 373 g/mol. The van der Waals surface area contributed by atoms with Gasteiger partial charge in [0.25, 0.3) is 11.8 Å². The number of benzene rings is 2. The highest BCUT2D eigenvalue weighted by atomic mass is 19.1. The van der Waals surface area contributed by atoms with E-state index in [9.17, 15) is 14.0 Å². The zero-order chi connectivity index (χ0) is 19.2. The van der Waals surface area contributed by atoms with Crippen molar-refractivity contribution in [3.8, 4) is 11.5 Å². The first kappa shape index (κ1) is 18.2. The molecule has 8 nitrogen and oxygen atoms in total. The zero-order valence-electron chi connectivity index (χ0n) is 14.3. The van der Waals surface area contributed by atoms with E-state index in [1.54, 1.807) is 25.1 Å². The van der Waals surface area contributed by atoms with Gasteiger partial charge in [0.15, 0.2) is 18.1 Å². The fraction of sp³-hybridized carbons (Fsp3) is 0.167. The minimum Gasteiger partial charge on any atom is -0.454 e. The van der Waals surface area contributed by atoms with Crippen LogP contribution in [0.2, 0.25) is 0 Å². The molecule has 1 aliphatic heterocycles. The van der Waals surface area contributed by atoms with Gasteiger partial charge in [-0.05, 0) is 49.4 Å². The van der Waals surface area contributed by atoms with Crippen LogP contribution in [0.4, 0.5) is 4.39 Å². The molecule has 3 rings (SSSR count). The Bertz CT molecular complexity index is 883. The Morgan fingerprint density at radius 1 is 1.07 bits per heavy atom. The van der Waals surface area contributed by atoms with Gasteiger partial charge in [-0.1, -0.05) is 5.16 Å². The molecule has 27 heavy (non-hydrogen) atoms. The Hall–Kier alpha value is -3.62. The fourth-order valence-electron chi connectivity index (χ4n) is 2.20. The lowest BCUT2D eigenvalue weighted by atomic mass is 10.1. The molecule has 140 valence electrons. The lowest BCUT2D eigenvalue weighted by Gasteiger charge is -2.07. The van der Waals surface area contributed by atoms with Crippen LogP contribution >= 0.6 is 0 Å². The van der Waals surface area contributed by atoms with Crippen molar-refractivity contribution in [3.05, 3.63) is 59.4 Å². The van der Waals surface area contributed by atoms with Gasteiger partial charge in [-0.3, -0.25) is 20.4 Å². The van der Waals surface area contributed by atoms with E-state index in [0.29, 0.717) is 17.2 Å². The molecule has 0 aromatic heterocycles. The van der Waals surface area contributed by atoms with Crippen molar-refractivity contribution in [2.75, 3.05) is 13.4 Å². The van der Waals surface area contributed by atoms with Crippen LogP contribution in [0.15, 0.2) is 47.6 Å². The molecule has 0 bridgehead atoms. The second-order valence-electron chi connectivity index (χ2n) is 5.53. The SMILES string of the molecule is C/C(=N/OCC(=O)NNC(=O)c1ccc(F)cc1)c1ccc2c(c1)OCO2. The maximum Gasteiger partial charge on any atom is 0.279 e. The summed E-state index contributed by atoms with van der Waals surface area (Å²) in [6.07, 6.45) is 0. The average molecular weight is 373 g/mol. The Balaban J connectivity index is 1.45. The minimum atomic E-state index is -0.604. The number of fused-ring (bicyclic) bond motifs is 1. The van der Waals surface area contributed by atoms with Gasteiger partial charge < -0.3 is 14.3 Å². The van der Waals surface area contributed by atoms with Gasteiger partial charge in [0.05, 0.1) is 5.71 Å². The van der Waals surface area contributed by atoms with Gasteiger partial charge in [0.2, 0.25) is 6.79 Å². The van der Waals surface area contributed by atoms with Crippen molar-refractivity contribution in [1.82, 2.24) is 10.9 Å². The molecule has 0 fully saturated rings. The molecule has 2 aromatic rings. The van der Waals surface area contributed by atoms with E-state index in [-0.39, 0.29) is 12.4 Å². The number of rotatable bonds is 5. The maximum absolute atomic E-state index is 12.8. The summed E-state index contributed by atoms with van der Waals surface area (Å²) in [5.41, 5.74) is 5.87. The van der Waals surface area contributed by atoms with Crippen molar-refractivity contribution in [1.29, 1.82) is 0 Å². The summed E-state index contributed by atoms with van der Waals surface area (Å²) < 4.78 is 23.3. The summed E-state index contributed by atoms with van der Waals surface area (Å²) in [6.45, 7) is 1.49. The topological polar surface area (TPSA) is 98.2 Å². The quantitative estimate of drug-likeness (QED) is 0.615. The molecule has 0 radical (unpaired) electrons. The first-order chi connectivity index (χ1) is 13.0. The molecule has 2 aromatic carbocycles. The number of nitrogens with one attached hydrogen (secondary N) is 2. The lowest BCUT2D eigenvalue weighted by Crippen LogP contribution is -2.43. The molecule has 2 N–H and O–H groups in total. The van der Waals surface area contributed by atoms with Crippen LogP contribution in [0.1, 0.15) is 22.8 Å². The molecule has 0 saturated carbocycles. The molecule has 2 amide bonds. The molecule has 0 aliphatic carbocycles. The van der Waals surface area contributed by atoms with Crippen molar-refractivity contribution < 1.29 is 28.3 Å². The Morgan fingerprint density at radius 3 is 2.56 bits per heavy atom. The van der Waals surface area contributed by atoms with Gasteiger partial charge in [0, 0.05) is 11.1 Å². The number of oxime groups is 1. The number of carbonyl (C=O) groups is 2. The molecule has 1 aliphatic rings. The average Bonchev–Trinajstić information content (AvgIpc) is 3.14. The number of carbonyl (C=O) groups excluding carboxylic acids is 2. The highest BCUT2D eigenvalue weighted by Crippen LogP contribution is 2.32. The number of halogens is 1. The van der Waals surface area contributed by atoms with Gasteiger partial charge in [-0.25, -0.2) is 4.39 Å². The molecule has 0 atom stereocenters. The Kier molecular flexibility index (Phi) is 5.50. The number of amides is 2. The predicted octanol–water partition coefficient (Wildman–Crippen LogP) is 1.76. The van der Waals surface area contributed by atoms with Gasteiger partial charge >= 0.3 is 0 Å². The third kappa shape index (κ3) is 4.72. The second kappa shape index (κ2) is 8.17. The van der Waals surface area contributed by atoms with E-state index in [0.717, 1.165) is 17.7 Å². The normalized spacial score (nSPS) is 12.4. The van der Waals surface area contributed by atoms with Crippen LogP contribution in [0, 0.1) is 5.82 Å². The van der Waals surface area contributed by atoms with E-state index in [4.69, 9.17) is 14.3 Å². The molecular weight excluding hydrogens is 357 g/mol. The van der Waals surface area contributed by atoms with Crippen LogP contribution in [0.25, 0.3) is 0 Å². The van der Waals surface area contributed by atoms with Crippen molar-refractivity contribution >= 4 is 17.5 Å². The van der Waals surface area contributed by atoms with Crippen LogP contribution in [0.3, 0.4) is 0 Å². The third-order valence-corrected chi connectivity index (χ3v) is 3.61. The fourth-order valence-corrected chi connectivity index (χ4v) is 2.20. The van der Waals surface area contributed by atoms with E-state index >= 15 is 0 Å². The number of ether oxygens (including phenoxy) is 2. The van der Waals surface area contributed by atoms with E-state index < -0.39 is 24.2 Å². The maximum atomic E-state index is 12.8. The van der Waals surface area contributed by atoms with Gasteiger partial charge in [-0.15, -0.1) is 0 Å².